The van der Waals surface area contributed by atoms with Crippen LogP contribution in [0.1, 0.15) is 41.5 Å². The number of hydrogen-bond donors (Lipinski definition) is 1. The van der Waals surface area contributed by atoms with Crippen molar-refractivity contribution in [3.8, 4) is 5.75 Å². The van der Waals surface area contributed by atoms with Gasteiger partial charge >= 0.3 is 0 Å². The highest BCUT2D eigenvalue weighted by atomic mass is 35.5. The second-order valence-corrected chi connectivity index (χ2v) is 7.59. The quantitative estimate of drug-likeness (QED) is 0.538. The molecule has 1 aromatic heterocycles. The van der Waals surface area contributed by atoms with Crippen LogP contribution in [0.3, 0.4) is 0 Å². The predicted molar refractivity (Wildman–Crippen MR) is 115 cm³/mol. The Balaban J connectivity index is 1.77. The fourth-order valence-corrected chi connectivity index (χ4v) is 3.57. The van der Waals surface area contributed by atoms with Gasteiger partial charge in [-0.15, -0.1) is 0 Å². The van der Waals surface area contributed by atoms with Crippen LogP contribution in [0.25, 0.3) is 10.9 Å². The standard InChI is InChI=1S/C22H20Cl2N2O3/c1-12-4-9-17-18(23)10-19(24)22(21(17)25-12)29-11-20(28)16-7-5-15(6-8-16)13(2)26-14(3)27/h4-10,13H,11H2,1-3H3,(H,26,27). The van der Waals surface area contributed by atoms with E-state index < -0.39 is 0 Å². The predicted octanol–water partition coefficient (Wildman–Crippen LogP) is 5.31. The van der Waals surface area contributed by atoms with E-state index in [0.29, 0.717) is 32.3 Å². The summed E-state index contributed by atoms with van der Waals surface area (Å²) in [5.74, 6) is 0.0246. The molecule has 0 aliphatic rings. The van der Waals surface area contributed by atoms with Crippen LogP contribution in [0, 0.1) is 6.92 Å². The van der Waals surface area contributed by atoms with E-state index in [1.54, 1.807) is 18.2 Å². The number of carbonyl (C=O) groups is 2. The minimum atomic E-state index is -0.199. The second kappa shape index (κ2) is 8.80. The number of hydrogen-bond acceptors (Lipinski definition) is 4. The van der Waals surface area contributed by atoms with Gasteiger partial charge in [0.25, 0.3) is 0 Å². The molecule has 1 unspecified atom stereocenters. The summed E-state index contributed by atoms with van der Waals surface area (Å²) in [5.41, 5.74) is 2.72. The number of ether oxygens (including phenoxy) is 1. The van der Waals surface area contributed by atoms with E-state index in [-0.39, 0.29) is 24.3 Å². The molecule has 150 valence electrons. The van der Waals surface area contributed by atoms with Crippen LogP contribution in [0.4, 0.5) is 0 Å². The number of benzene rings is 2. The number of pyridine rings is 1. The van der Waals surface area contributed by atoms with Crippen molar-refractivity contribution in [1.82, 2.24) is 10.3 Å². The Hall–Kier alpha value is -2.63. The number of amides is 1. The molecule has 0 fully saturated rings. The van der Waals surface area contributed by atoms with Gasteiger partial charge in [0, 0.05) is 23.6 Å². The molecule has 0 bridgehead atoms. The maximum absolute atomic E-state index is 12.6. The molecule has 0 radical (unpaired) electrons. The molecule has 5 nitrogen and oxygen atoms in total. The zero-order chi connectivity index (χ0) is 21.1. The van der Waals surface area contributed by atoms with E-state index in [4.69, 9.17) is 27.9 Å². The third-order valence-corrected chi connectivity index (χ3v) is 5.07. The number of nitrogens with one attached hydrogen (secondary N) is 1. The van der Waals surface area contributed by atoms with E-state index >= 15 is 0 Å². The van der Waals surface area contributed by atoms with Gasteiger partial charge in [0.15, 0.2) is 18.1 Å². The first-order chi connectivity index (χ1) is 13.8. The number of fused-ring (bicyclic) bond motifs is 1. The Morgan fingerprint density at radius 3 is 2.45 bits per heavy atom. The zero-order valence-electron chi connectivity index (χ0n) is 16.3. The van der Waals surface area contributed by atoms with Gasteiger partial charge in [0.2, 0.25) is 5.91 Å². The van der Waals surface area contributed by atoms with Crippen molar-refractivity contribution in [3.63, 3.8) is 0 Å². The maximum atomic E-state index is 12.6. The lowest BCUT2D eigenvalue weighted by Gasteiger charge is -2.14. The highest BCUT2D eigenvalue weighted by molar-refractivity contribution is 6.39. The lowest BCUT2D eigenvalue weighted by molar-refractivity contribution is -0.119. The van der Waals surface area contributed by atoms with Gasteiger partial charge in [-0.05, 0) is 37.6 Å². The van der Waals surface area contributed by atoms with E-state index in [9.17, 15) is 9.59 Å². The summed E-state index contributed by atoms with van der Waals surface area (Å²) in [6, 6.07) is 12.2. The minimum Gasteiger partial charge on any atom is -0.482 e. The molecule has 3 aromatic rings. The Morgan fingerprint density at radius 2 is 1.79 bits per heavy atom. The number of aryl methyl sites for hydroxylation is 1. The van der Waals surface area contributed by atoms with Gasteiger partial charge in [-0.25, -0.2) is 4.98 Å². The van der Waals surface area contributed by atoms with Crippen LogP contribution >= 0.6 is 23.2 Å². The van der Waals surface area contributed by atoms with Gasteiger partial charge in [0.05, 0.1) is 16.1 Å². The smallest absolute Gasteiger partial charge is 0.217 e. The normalized spacial score (nSPS) is 11.9. The lowest BCUT2D eigenvalue weighted by Crippen LogP contribution is -2.23. The first-order valence-corrected chi connectivity index (χ1v) is 9.80. The monoisotopic (exact) mass is 430 g/mol. The van der Waals surface area contributed by atoms with Crippen molar-refractivity contribution in [2.24, 2.45) is 0 Å². The summed E-state index contributed by atoms with van der Waals surface area (Å²) in [7, 11) is 0. The molecular formula is C22H20Cl2N2O3. The third-order valence-electron chi connectivity index (χ3n) is 4.48. The van der Waals surface area contributed by atoms with Crippen LogP contribution in [0.2, 0.25) is 10.0 Å². The van der Waals surface area contributed by atoms with Gasteiger partial charge in [-0.2, -0.15) is 0 Å². The molecule has 0 aliphatic heterocycles. The number of nitrogens with zero attached hydrogens (tertiary/aromatic N) is 1. The summed E-state index contributed by atoms with van der Waals surface area (Å²) in [6.07, 6.45) is 0. The number of carbonyl (C=O) groups excluding carboxylic acids is 2. The van der Waals surface area contributed by atoms with Crippen LogP contribution < -0.4 is 10.1 Å². The summed E-state index contributed by atoms with van der Waals surface area (Å²) in [5, 5.41) is 4.29. The van der Waals surface area contributed by atoms with Gasteiger partial charge in [-0.1, -0.05) is 47.5 Å². The topological polar surface area (TPSA) is 68.3 Å². The van der Waals surface area contributed by atoms with E-state index in [1.807, 2.05) is 38.1 Å². The highest BCUT2D eigenvalue weighted by Crippen LogP contribution is 2.37. The summed E-state index contributed by atoms with van der Waals surface area (Å²) in [4.78, 5) is 28.2. The van der Waals surface area contributed by atoms with Crippen LogP contribution in [-0.2, 0) is 4.79 Å². The van der Waals surface area contributed by atoms with Crippen molar-refractivity contribution in [3.05, 3.63) is 69.3 Å². The second-order valence-electron chi connectivity index (χ2n) is 6.77. The molecule has 29 heavy (non-hydrogen) atoms. The van der Waals surface area contributed by atoms with Gasteiger partial charge in [-0.3, -0.25) is 9.59 Å². The molecule has 2 aromatic carbocycles. The SMILES string of the molecule is CC(=O)NC(C)c1ccc(C(=O)COc2c(Cl)cc(Cl)c3ccc(C)nc23)cc1. The molecule has 7 heteroatoms. The number of aromatic nitrogens is 1. The molecule has 1 atom stereocenters. The average Bonchev–Trinajstić information content (AvgIpc) is 2.67. The van der Waals surface area contributed by atoms with Crippen molar-refractivity contribution in [2.75, 3.05) is 6.61 Å². The van der Waals surface area contributed by atoms with Crippen molar-refractivity contribution in [1.29, 1.82) is 0 Å². The fourth-order valence-electron chi connectivity index (χ4n) is 2.99. The molecule has 3 rings (SSSR count). The summed E-state index contributed by atoms with van der Waals surface area (Å²) >= 11 is 12.5. The molecule has 1 heterocycles. The Labute approximate surface area is 179 Å². The van der Waals surface area contributed by atoms with Crippen molar-refractivity contribution >= 4 is 45.8 Å². The zero-order valence-corrected chi connectivity index (χ0v) is 17.8. The van der Waals surface area contributed by atoms with E-state index in [1.165, 1.54) is 6.92 Å². The molecule has 0 saturated carbocycles. The molecule has 0 saturated heterocycles. The first kappa shape index (κ1) is 21.1. The van der Waals surface area contributed by atoms with E-state index in [0.717, 1.165) is 11.3 Å². The van der Waals surface area contributed by atoms with E-state index in [2.05, 4.69) is 10.3 Å². The Bertz CT molecular complexity index is 1080. The van der Waals surface area contributed by atoms with Crippen LogP contribution in [0.5, 0.6) is 5.75 Å². The van der Waals surface area contributed by atoms with Crippen molar-refractivity contribution in [2.45, 2.75) is 26.8 Å². The molecular weight excluding hydrogens is 411 g/mol. The average molecular weight is 431 g/mol. The maximum Gasteiger partial charge on any atom is 0.217 e. The largest absolute Gasteiger partial charge is 0.482 e. The summed E-state index contributed by atoms with van der Waals surface area (Å²) in [6.45, 7) is 5.01. The van der Waals surface area contributed by atoms with Gasteiger partial charge in [0.1, 0.15) is 5.52 Å². The number of halogens is 2. The van der Waals surface area contributed by atoms with Crippen LogP contribution in [-0.4, -0.2) is 23.3 Å². The molecule has 0 aliphatic carbocycles. The first-order valence-electron chi connectivity index (χ1n) is 9.04. The lowest BCUT2D eigenvalue weighted by atomic mass is 10.0. The van der Waals surface area contributed by atoms with Gasteiger partial charge < -0.3 is 10.1 Å². The molecule has 0 spiro atoms. The fraction of sp³-hybridized carbons (Fsp3) is 0.227. The highest BCUT2D eigenvalue weighted by Gasteiger charge is 2.16. The van der Waals surface area contributed by atoms with Crippen LogP contribution in [0.15, 0.2) is 42.5 Å². The minimum absolute atomic E-state index is 0.109. The summed E-state index contributed by atoms with van der Waals surface area (Å²) < 4.78 is 5.75. The third kappa shape index (κ3) is 4.86. The number of Topliss-reactive ketones (excluding diaryl/α,β-unsaturated/α-hetero) is 1. The Morgan fingerprint density at radius 1 is 1.10 bits per heavy atom. The molecule has 1 amide bonds. The molecule has 1 N–H and O–H groups in total. The van der Waals surface area contributed by atoms with Crippen molar-refractivity contribution < 1.29 is 14.3 Å². The number of ketones is 1. The Kier molecular flexibility index (Phi) is 6.40. The number of rotatable bonds is 6.